The minimum atomic E-state index is -0.145. The fraction of sp³-hybridized carbons (Fsp3) is 0. The molecule has 0 amide bonds. The van der Waals surface area contributed by atoms with Crippen molar-refractivity contribution in [2.24, 2.45) is 0 Å². The lowest BCUT2D eigenvalue weighted by molar-refractivity contribution is 1.11. The second-order valence-electron chi connectivity index (χ2n) is 4.69. The van der Waals surface area contributed by atoms with Crippen LogP contribution in [0.3, 0.4) is 0 Å². The van der Waals surface area contributed by atoms with Crippen LogP contribution in [0, 0.1) is 0 Å². The van der Waals surface area contributed by atoms with E-state index in [-0.39, 0.29) is 5.56 Å². The molecular formula is C16H11N3O. The second kappa shape index (κ2) is 4.06. The van der Waals surface area contributed by atoms with Crippen molar-refractivity contribution in [1.29, 1.82) is 0 Å². The summed E-state index contributed by atoms with van der Waals surface area (Å²) in [6, 6.07) is 17.6. The molecule has 0 spiro atoms. The molecule has 2 aromatic carbocycles. The van der Waals surface area contributed by atoms with Crippen molar-refractivity contribution in [1.82, 2.24) is 15.2 Å². The number of hydrogen-bond donors (Lipinski definition) is 2. The van der Waals surface area contributed by atoms with E-state index in [9.17, 15) is 4.79 Å². The summed E-state index contributed by atoms with van der Waals surface area (Å²) in [5.41, 5.74) is 3.00. The Morgan fingerprint density at radius 1 is 0.900 bits per heavy atom. The Bertz CT molecular complexity index is 967. The van der Waals surface area contributed by atoms with Crippen LogP contribution in [0.2, 0.25) is 0 Å². The van der Waals surface area contributed by atoms with E-state index in [1.165, 1.54) is 0 Å². The van der Waals surface area contributed by atoms with Gasteiger partial charge in [-0.3, -0.25) is 9.89 Å². The minimum Gasteiger partial charge on any atom is -0.320 e. The van der Waals surface area contributed by atoms with Crippen molar-refractivity contribution in [2.75, 3.05) is 0 Å². The lowest BCUT2D eigenvalue weighted by Crippen LogP contribution is -2.06. The van der Waals surface area contributed by atoms with Gasteiger partial charge in [-0.15, -0.1) is 0 Å². The molecule has 0 aliphatic rings. The number of aromatic nitrogens is 3. The molecule has 0 saturated carbocycles. The molecule has 0 aliphatic heterocycles. The van der Waals surface area contributed by atoms with E-state index < -0.39 is 0 Å². The van der Waals surface area contributed by atoms with E-state index in [0.29, 0.717) is 5.52 Å². The third-order valence-electron chi connectivity index (χ3n) is 3.49. The first-order chi connectivity index (χ1) is 9.84. The lowest BCUT2D eigenvalue weighted by atomic mass is 10.0. The highest BCUT2D eigenvalue weighted by Gasteiger charge is 2.13. The van der Waals surface area contributed by atoms with Gasteiger partial charge in [-0.2, -0.15) is 5.10 Å². The maximum absolute atomic E-state index is 12.1. The molecule has 0 radical (unpaired) electrons. The van der Waals surface area contributed by atoms with Crippen LogP contribution in [-0.4, -0.2) is 15.2 Å². The number of pyridine rings is 1. The maximum atomic E-state index is 12.1. The Morgan fingerprint density at radius 2 is 1.65 bits per heavy atom. The van der Waals surface area contributed by atoms with Crippen molar-refractivity contribution in [3.8, 4) is 11.3 Å². The fourth-order valence-electron chi connectivity index (χ4n) is 2.57. The number of H-pyrrole nitrogens is 2. The van der Waals surface area contributed by atoms with Gasteiger partial charge >= 0.3 is 0 Å². The van der Waals surface area contributed by atoms with Crippen LogP contribution >= 0.6 is 0 Å². The zero-order chi connectivity index (χ0) is 13.5. The Hall–Kier alpha value is -2.88. The van der Waals surface area contributed by atoms with Crippen LogP contribution < -0.4 is 5.56 Å². The molecule has 96 valence electrons. The number of nitrogens with zero attached hydrogens (tertiary/aromatic N) is 1. The normalized spacial score (nSPS) is 11.2. The molecule has 0 atom stereocenters. The highest BCUT2D eigenvalue weighted by molar-refractivity contribution is 6.10. The standard InChI is InChI=1S/C16H11N3O/c20-16-15-13(11-8-4-5-9-12(11)17-16)14(18-19-15)10-6-2-1-3-7-10/h1-9H,(H,17,20)(H,18,19). The van der Waals surface area contributed by atoms with Gasteiger partial charge in [0.1, 0.15) is 11.2 Å². The molecule has 2 N–H and O–H groups in total. The average Bonchev–Trinajstić information content (AvgIpc) is 2.94. The molecular weight excluding hydrogens is 250 g/mol. The zero-order valence-corrected chi connectivity index (χ0v) is 10.6. The number of rotatable bonds is 1. The third kappa shape index (κ3) is 1.48. The number of fused-ring (bicyclic) bond motifs is 3. The van der Waals surface area contributed by atoms with E-state index in [4.69, 9.17) is 0 Å². The van der Waals surface area contributed by atoms with E-state index in [0.717, 1.165) is 27.5 Å². The van der Waals surface area contributed by atoms with E-state index in [1.54, 1.807) is 0 Å². The molecule has 4 heteroatoms. The predicted octanol–water partition coefficient (Wildman–Crippen LogP) is 3.07. The summed E-state index contributed by atoms with van der Waals surface area (Å²) in [6.45, 7) is 0. The molecule has 0 unspecified atom stereocenters. The van der Waals surface area contributed by atoms with Gasteiger partial charge in [-0.1, -0.05) is 48.5 Å². The number of para-hydroxylation sites is 1. The summed E-state index contributed by atoms with van der Waals surface area (Å²) in [5.74, 6) is 0. The smallest absolute Gasteiger partial charge is 0.274 e. The Labute approximate surface area is 114 Å². The molecule has 4 nitrogen and oxygen atoms in total. The Morgan fingerprint density at radius 3 is 2.50 bits per heavy atom. The van der Waals surface area contributed by atoms with Gasteiger partial charge in [-0.05, 0) is 6.07 Å². The predicted molar refractivity (Wildman–Crippen MR) is 79.7 cm³/mol. The highest BCUT2D eigenvalue weighted by atomic mass is 16.1. The molecule has 0 fully saturated rings. The van der Waals surface area contributed by atoms with Gasteiger partial charge in [-0.25, -0.2) is 0 Å². The first-order valence-electron chi connectivity index (χ1n) is 6.39. The van der Waals surface area contributed by atoms with Crippen molar-refractivity contribution in [3.63, 3.8) is 0 Å². The summed E-state index contributed by atoms with van der Waals surface area (Å²) in [6.07, 6.45) is 0. The first-order valence-corrected chi connectivity index (χ1v) is 6.39. The first kappa shape index (κ1) is 11.0. The number of benzene rings is 2. The van der Waals surface area contributed by atoms with Crippen LogP contribution in [0.25, 0.3) is 33.1 Å². The van der Waals surface area contributed by atoms with Gasteiger partial charge in [0.05, 0.1) is 0 Å². The molecule has 0 bridgehead atoms. The molecule has 20 heavy (non-hydrogen) atoms. The average molecular weight is 261 g/mol. The van der Waals surface area contributed by atoms with E-state index >= 15 is 0 Å². The summed E-state index contributed by atoms with van der Waals surface area (Å²) in [4.78, 5) is 15.0. The van der Waals surface area contributed by atoms with Crippen LogP contribution in [0.1, 0.15) is 0 Å². The molecule has 0 saturated heterocycles. The summed E-state index contributed by atoms with van der Waals surface area (Å²) in [7, 11) is 0. The topological polar surface area (TPSA) is 61.5 Å². The van der Waals surface area contributed by atoms with Crippen molar-refractivity contribution in [2.45, 2.75) is 0 Å². The van der Waals surface area contributed by atoms with Crippen LogP contribution in [0.15, 0.2) is 59.4 Å². The molecule has 4 rings (SSSR count). The van der Waals surface area contributed by atoms with E-state index in [2.05, 4.69) is 15.2 Å². The van der Waals surface area contributed by atoms with E-state index in [1.807, 2.05) is 54.6 Å². The van der Waals surface area contributed by atoms with Gasteiger partial charge in [0.25, 0.3) is 5.56 Å². The number of nitrogens with one attached hydrogen (secondary N) is 2. The Kier molecular flexibility index (Phi) is 2.23. The second-order valence-corrected chi connectivity index (χ2v) is 4.69. The molecule has 2 heterocycles. The number of hydrogen-bond acceptors (Lipinski definition) is 2. The minimum absolute atomic E-state index is 0.145. The number of aromatic amines is 2. The lowest BCUT2D eigenvalue weighted by Gasteiger charge is -2.01. The largest absolute Gasteiger partial charge is 0.320 e. The van der Waals surface area contributed by atoms with Crippen LogP contribution in [0.5, 0.6) is 0 Å². The van der Waals surface area contributed by atoms with Gasteiger partial charge in [0.2, 0.25) is 0 Å². The van der Waals surface area contributed by atoms with Crippen LogP contribution in [-0.2, 0) is 0 Å². The molecule has 4 aromatic rings. The zero-order valence-electron chi connectivity index (χ0n) is 10.6. The van der Waals surface area contributed by atoms with Crippen molar-refractivity contribution < 1.29 is 0 Å². The van der Waals surface area contributed by atoms with Gasteiger partial charge in [0.15, 0.2) is 0 Å². The third-order valence-corrected chi connectivity index (χ3v) is 3.49. The monoisotopic (exact) mass is 261 g/mol. The maximum Gasteiger partial charge on any atom is 0.274 e. The fourth-order valence-corrected chi connectivity index (χ4v) is 2.57. The quantitative estimate of drug-likeness (QED) is 0.553. The molecule has 0 aliphatic carbocycles. The van der Waals surface area contributed by atoms with Crippen molar-refractivity contribution >= 4 is 21.8 Å². The van der Waals surface area contributed by atoms with Gasteiger partial charge in [0, 0.05) is 21.9 Å². The summed E-state index contributed by atoms with van der Waals surface area (Å²) < 4.78 is 0. The van der Waals surface area contributed by atoms with Crippen molar-refractivity contribution in [3.05, 3.63) is 65.0 Å². The highest BCUT2D eigenvalue weighted by Crippen LogP contribution is 2.29. The van der Waals surface area contributed by atoms with Crippen LogP contribution in [0.4, 0.5) is 0 Å². The SMILES string of the molecule is O=c1[nH]c2ccccc2c2c(-c3ccccc3)n[nH]c12. The Balaban J connectivity index is 2.22. The van der Waals surface area contributed by atoms with Gasteiger partial charge < -0.3 is 4.98 Å². The summed E-state index contributed by atoms with van der Waals surface area (Å²) >= 11 is 0. The molecule has 2 aromatic heterocycles. The summed E-state index contributed by atoms with van der Waals surface area (Å²) in [5, 5.41) is 9.05.